The van der Waals surface area contributed by atoms with Gasteiger partial charge in [-0.05, 0) is 30.3 Å². The molecule has 0 unspecified atom stereocenters. The van der Waals surface area contributed by atoms with Crippen LogP contribution in [0.15, 0.2) is 47.5 Å². The first kappa shape index (κ1) is 18.2. The number of nitrogens with zero attached hydrogens (tertiary/aromatic N) is 3. The van der Waals surface area contributed by atoms with Crippen LogP contribution in [0.3, 0.4) is 0 Å². The minimum atomic E-state index is -4.63. The Kier molecular flexibility index (Phi) is 4.60. The van der Waals surface area contributed by atoms with E-state index in [4.69, 9.17) is 10.00 Å². The molecule has 0 radical (unpaired) electrons. The summed E-state index contributed by atoms with van der Waals surface area (Å²) in [5.41, 5.74) is -0.814. The molecule has 0 aliphatic carbocycles. The average Bonchev–Trinajstić information content (AvgIpc) is 2.57. The number of alkyl halides is 3. The molecule has 1 saturated heterocycles. The second-order valence-corrected chi connectivity index (χ2v) is 7.49. The van der Waals surface area contributed by atoms with Gasteiger partial charge in [-0.2, -0.15) is 22.7 Å². The molecule has 3 rings (SSSR count). The van der Waals surface area contributed by atoms with Crippen LogP contribution < -0.4 is 4.74 Å². The molecule has 2 heterocycles. The van der Waals surface area contributed by atoms with Crippen LogP contribution in [0, 0.1) is 11.3 Å². The number of aromatic nitrogens is 1. The lowest BCUT2D eigenvalue weighted by molar-refractivity contribution is -0.137. The van der Waals surface area contributed by atoms with Crippen molar-refractivity contribution >= 4 is 10.0 Å². The second-order valence-electron chi connectivity index (χ2n) is 5.56. The summed E-state index contributed by atoms with van der Waals surface area (Å²) in [6.45, 7) is -0.0833. The van der Waals surface area contributed by atoms with Crippen molar-refractivity contribution in [3.63, 3.8) is 0 Å². The summed E-state index contributed by atoms with van der Waals surface area (Å²) in [4.78, 5) is 3.49. The van der Waals surface area contributed by atoms with Crippen LogP contribution in [0.4, 0.5) is 13.2 Å². The lowest BCUT2D eigenvalue weighted by atomic mass is 10.2. The van der Waals surface area contributed by atoms with Gasteiger partial charge in [-0.1, -0.05) is 6.07 Å². The quantitative estimate of drug-likeness (QED) is 0.810. The molecule has 0 atom stereocenters. The zero-order valence-electron chi connectivity index (χ0n) is 13.1. The fourth-order valence-corrected chi connectivity index (χ4v) is 3.93. The summed E-state index contributed by atoms with van der Waals surface area (Å²) in [6, 6.07) is 8.58. The summed E-state index contributed by atoms with van der Waals surface area (Å²) in [6.07, 6.45) is -3.72. The van der Waals surface area contributed by atoms with Gasteiger partial charge in [-0.3, -0.25) is 0 Å². The van der Waals surface area contributed by atoms with Crippen molar-refractivity contribution in [1.29, 1.82) is 5.26 Å². The third kappa shape index (κ3) is 3.49. The van der Waals surface area contributed by atoms with E-state index in [1.54, 1.807) is 6.07 Å². The molecule has 0 bridgehead atoms. The van der Waals surface area contributed by atoms with Crippen molar-refractivity contribution in [2.24, 2.45) is 0 Å². The van der Waals surface area contributed by atoms with Gasteiger partial charge in [0.25, 0.3) is 0 Å². The van der Waals surface area contributed by atoms with E-state index < -0.39 is 32.8 Å². The number of halogens is 3. The van der Waals surface area contributed by atoms with Crippen LogP contribution in [-0.2, 0) is 16.2 Å². The van der Waals surface area contributed by atoms with Crippen LogP contribution >= 0.6 is 0 Å². The Morgan fingerprint density at radius 2 is 1.96 bits per heavy atom. The maximum Gasteiger partial charge on any atom is 0.416 e. The van der Waals surface area contributed by atoms with Gasteiger partial charge in [-0.25, -0.2) is 13.4 Å². The highest BCUT2D eigenvalue weighted by atomic mass is 32.2. The van der Waals surface area contributed by atoms with Crippen molar-refractivity contribution in [1.82, 2.24) is 9.29 Å². The predicted octanol–water partition coefficient (Wildman–Crippen LogP) is 2.42. The van der Waals surface area contributed by atoms with E-state index in [0.717, 1.165) is 22.5 Å². The summed E-state index contributed by atoms with van der Waals surface area (Å²) >= 11 is 0. The molecule has 0 N–H and O–H groups in total. The highest BCUT2D eigenvalue weighted by molar-refractivity contribution is 7.89. The van der Waals surface area contributed by atoms with Crippen molar-refractivity contribution in [2.75, 3.05) is 13.1 Å². The average molecular weight is 383 g/mol. The lowest BCUT2D eigenvalue weighted by Gasteiger charge is -2.37. The first-order valence-electron chi connectivity index (χ1n) is 7.41. The fraction of sp³-hybridized carbons (Fsp3) is 0.250. The molecule has 136 valence electrons. The highest BCUT2D eigenvalue weighted by Crippen LogP contribution is 2.32. The molecule has 2 aromatic rings. The highest BCUT2D eigenvalue weighted by Gasteiger charge is 2.40. The number of pyridine rings is 1. The van der Waals surface area contributed by atoms with E-state index in [1.165, 1.54) is 12.3 Å². The number of hydrogen-bond donors (Lipinski definition) is 0. The number of ether oxygens (including phenoxy) is 1. The van der Waals surface area contributed by atoms with E-state index in [2.05, 4.69) is 4.98 Å². The third-order valence-electron chi connectivity index (χ3n) is 3.78. The smallest absolute Gasteiger partial charge is 0.416 e. The van der Waals surface area contributed by atoms with Gasteiger partial charge < -0.3 is 4.74 Å². The van der Waals surface area contributed by atoms with Crippen molar-refractivity contribution < 1.29 is 26.3 Å². The second kappa shape index (κ2) is 6.59. The van der Waals surface area contributed by atoms with Gasteiger partial charge in [0.1, 0.15) is 17.7 Å². The van der Waals surface area contributed by atoms with Crippen molar-refractivity contribution in [3.8, 4) is 11.9 Å². The van der Waals surface area contributed by atoms with E-state index in [0.29, 0.717) is 6.07 Å². The van der Waals surface area contributed by atoms with Gasteiger partial charge in [0, 0.05) is 6.20 Å². The largest absolute Gasteiger partial charge is 0.471 e. The Morgan fingerprint density at radius 3 is 2.62 bits per heavy atom. The van der Waals surface area contributed by atoms with Crippen LogP contribution in [0.2, 0.25) is 0 Å². The Labute approximate surface area is 147 Å². The normalized spacial score (nSPS) is 15.9. The molecular formula is C16H12F3N3O3S. The first-order chi connectivity index (χ1) is 12.2. The van der Waals surface area contributed by atoms with E-state index >= 15 is 0 Å². The van der Waals surface area contributed by atoms with Gasteiger partial charge in [-0.15, -0.1) is 0 Å². The minimum absolute atomic E-state index is 0.0416. The van der Waals surface area contributed by atoms with Crippen LogP contribution in [0.25, 0.3) is 0 Å². The summed E-state index contributed by atoms with van der Waals surface area (Å²) in [5, 5.41) is 8.98. The Morgan fingerprint density at radius 1 is 1.23 bits per heavy atom. The number of rotatable bonds is 4. The molecule has 6 nitrogen and oxygen atoms in total. The first-order valence-corrected chi connectivity index (χ1v) is 8.85. The minimum Gasteiger partial charge on any atom is -0.471 e. The molecule has 1 aromatic carbocycles. The zero-order valence-corrected chi connectivity index (χ0v) is 14.0. The topological polar surface area (TPSA) is 83.3 Å². The van der Waals surface area contributed by atoms with E-state index in [9.17, 15) is 21.6 Å². The summed E-state index contributed by atoms with van der Waals surface area (Å²) in [7, 11) is -4.06. The van der Waals surface area contributed by atoms with Crippen LogP contribution in [0.5, 0.6) is 5.88 Å². The number of benzene rings is 1. The fourth-order valence-electron chi connectivity index (χ4n) is 2.38. The third-order valence-corrected chi connectivity index (χ3v) is 5.61. The van der Waals surface area contributed by atoms with Crippen LogP contribution in [0.1, 0.15) is 11.1 Å². The maximum atomic E-state index is 12.8. The molecule has 0 spiro atoms. The standard InChI is InChI=1S/C16H12F3N3O3S/c17-16(18,19)12-4-1-5-14(7-12)26(23,24)22-9-13(10-22)25-15-11(8-20)3-2-6-21-15/h1-7,13H,9-10H2. The molecule has 0 amide bonds. The predicted molar refractivity (Wildman–Crippen MR) is 83.6 cm³/mol. The van der Waals surface area contributed by atoms with Crippen molar-refractivity contribution in [2.45, 2.75) is 17.2 Å². The van der Waals surface area contributed by atoms with E-state index in [1.807, 2.05) is 6.07 Å². The number of hydrogen-bond acceptors (Lipinski definition) is 5. The van der Waals surface area contributed by atoms with Gasteiger partial charge in [0.15, 0.2) is 0 Å². The number of nitriles is 1. The monoisotopic (exact) mass is 383 g/mol. The van der Waals surface area contributed by atoms with Crippen molar-refractivity contribution in [3.05, 3.63) is 53.7 Å². The SMILES string of the molecule is N#Cc1cccnc1OC1CN(S(=O)(=O)c2cccc(C(F)(F)F)c2)C1. The molecule has 10 heteroatoms. The summed E-state index contributed by atoms with van der Waals surface area (Å²) < 4.78 is 69.7. The Hall–Kier alpha value is -2.64. The van der Waals surface area contributed by atoms with Gasteiger partial charge in [0.05, 0.1) is 23.5 Å². The Bertz CT molecular complexity index is 964. The summed E-state index contributed by atoms with van der Waals surface area (Å²) in [5.74, 6) is 0.0936. The van der Waals surface area contributed by atoms with Crippen LogP contribution in [-0.4, -0.2) is 36.9 Å². The lowest BCUT2D eigenvalue weighted by Crippen LogP contribution is -2.56. The zero-order chi connectivity index (χ0) is 18.9. The molecule has 1 fully saturated rings. The molecule has 1 aromatic heterocycles. The number of sulfonamides is 1. The van der Waals surface area contributed by atoms with E-state index in [-0.39, 0.29) is 24.5 Å². The molecule has 1 aliphatic rings. The molecule has 26 heavy (non-hydrogen) atoms. The van der Waals surface area contributed by atoms with Gasteiger partial charge in [0.2, 0.25) is 15.9 Å². The van der Waals surface area contributed by atoms with Gasteiger partial charge >= 0.3 is 6.18 Å². The Balaban J connectivity index is 1.71. The molecule has 0 saturated carbocycles. The maximum absolute atomic E-state index is 12.8. The molecular weight excluding hydrogens is 371 g/mol. The molecule has 1 aliphatic heterocycles.